The number of rotatable bonds is 3. The molecule has 0 bridgehead atoms. The summed E-state index contributed by atoms with van der Waals surface area (Å²) in [7, 11) is 2.07. The lowest BCUT2D eigenvalue weighted by Crippen LogP contribution is -2.29. The van der Waals surface area contributed by atoms with Crippen LogP contribution >= 0.6 is 27.7 Å². The zero-order chi connectivity index (χ0) is 11.4. The zero-order valence-electron chi connectivity index (χ0n) is 9.06. The SMILES string of the molecule is C[n+]1ccccc1SCc1ccc(Br)cc1. The van der Waals surface area contributed by atoms with E-state index < -0.39 is 0 Å². The van der Waals surface area contributed by atoms with Crippen molar-refractivity contribution in [2.75, 3.05) is 0 Å². The van der Waals surface area contributed by atoms with Crippen LogP contribution in [0.4, 0.5) is 0 Å². The molecule has 0 saturated heterocycles. The van der Waals surface area contributed by atoms with Crippen molar-refractivity contribution in [3.8, 4) is 0 Å². The van der Waals surface area contributed by atoms with Crippen molar-refractivity contribution in [1.82, 2.24) is 0 Å². The van der Waals surface area contributed by atoms with Gasteiger partial charge < -0.3 is 0 Å². The molecule has 0 amide bonds. The smallest absolute Gasteiger partial charge is 0.196 e. The highest BCUT2D eigenvalue weighted by Crippen LogP contribution is 2.20. The fourth-order valence-electron chi connectivity index (χ4n) is 1.40. The molecule has 1 heterocycles. The highest BCUT2D eigenvalue weighted by Gasteiger charge is 2.05. The topological polar surface area (TPSA) is 3.88 Å². The van der Waals surface area contributed by atoms with Crippen molar-refractivity contribution in [1.29, 1.82) is 0 Å². The first-order valence-electron chi connectivity index (χ1n) is 5.07. The summed E-state index contributed by atoms with van der Waals surface area (Å²) in [5.74, 6) is 1.01. The minimum absolute atomic E-state index is 1.01. The second-order valence-corrected chi connectivity index (χ2v) is 5.48. The van der Waals surface area contributed by atoms with Crippen LogP contribution in [0.2, 0.25) is 0 Å². The van der Waals surface area contributed by atoms with Gasteiger partial charge in [0.15, 0.2) is 6.20 Å². The van der Waals surface area contributed by atoms with E-state index in [1.807, 2.05) is 17.8 Å². The van der Waals surface area contributed by atoms with Crippen LogP contribution in [-0.2, 0) is 12.8 Å². The molecule has 0 atom stereocenters. The van der Waals surface area contributed by atoms with Crippen LogP contribution in [0.1, 0.15) is 5.56 Å². The molecule has 0 N–H and O–H groups in total. The second kappa shape index (κ2) is 5.51. The molecular formula is C13H13BrNS+. The molecule has 1 aromatic heterocycles. The van der Waals surface area contributed by atoms with Gasteiger partial charge in [-0.25, -0.2) is 0 Å². The summed E-state index contributed by atoms with van der Waals surface area (Å²) in [4.78, 5) is 0. The first-order valence-corrected chi connectivity index (χ1v) is 6.85. The Kier molecular flexibility index (Phi) is 4.02. The molecule has 0 spiro atoms. The summed E-state index contributed by atoms with van der Waals surface area (Å²) in [5.41, 5.74) is 1.34. The third kappa shape index (κ3) is 3.09. The lowest BCUT2D eigenvalue weighted by atomic mass is 10.2. The van der Waals surface area contributed by atoms with Gasteiger partial charge in [-0.2, -0.15) is 4.57 Å². The van der Waals surface area contributed by atoms with E-state index in [2.05, 4.69) is 70.1 Å². The molecule has 0 saturated carbocycles. The molecule has 0 unspecified atom stereocenters. The van der Waals surface area contributed by atoms with Crippen LogP contribution in [0.15, 0.2) is 58.2 Å². The van der Waals surface area contributed by atoms with Crippen LogP contribution in [0.25, 0.3) is 0 Å². The average molecular weight is 295 g/mol. The van der Waals surface area contributed by atoms with Gasteiger partial charge >= 0.3 is 0 Å². The first-order chi connectivity index (χ1) is 7.75. The Balaban J connectivity index is 2.02. The molecule has 0 radical (unpaired) electrons. The Morgan fingerprint density at radius 2 is 1.88 bits per heavy atom. The maximum atomic E-state index is 3.44. The van der Waals surface area contributed by atoms with Gasteiger partial charge in [-0.1, -0.05) is 39.8 Å². The van der Waals surface area contributed by atoms with E-state index in [9.17, 15) is 0 Å². The molecule has 3 heteroatoms. The molecule has 82 valence electrons. The number of hydrogen-bond donors (Lipinski definition) is 0. The van der Waals surface area contributed by atoms with Gasteiger partial charge in [0.1, 0.15) is 7.05 Å². The van der Waals surface area contributed by atoms with Crippen molar-refractivity contribution in [2.24, 2.45) is 7.05 Å². The Hall–Kier alpha value is -0.800. The molecule has 2 rings (SSSR count). The summed E-state index contributed by atoms with van der Waals surface area (Å²) in [6, 6.07) is 14.7. The van der Waals surface area contributed by atoms with Crippen LogP contribution in [0.5, 0.6) is 0 Å². The van der Waals surface area contributed by atoms with E-state index in [-0.39, 0.29) is 0 Å². The van der Waals surface area contributed by atoms with E-state index in [1.54, 1.807) is 0 Å². The monoisotopic (exact) mass is 294 g/mol. The van der Waals surface area contributed by atoms with Gasteiger partial charge in [0.05, 0.1) is 0 Å². The lowest BCUT2D eigenvalue weighted by Gasteiger charge is -2.00. The van der Waals surface area contributed by atoms with E-state index in [1.165, 1.54) is 10.6 Å². The number of pyridine rings is 1. The van der Waals surface area contributed by atoms with E-state index in [0.717, 1.165) is 10.2 Å². The van der Waals surface area contributed by atoms with Gasteiger partial charge in [-0.15, -0.1) is 0 Å². The summed E-state index contributed by atoms with van der Waals surface area (Å²) in [6.45, 7) is 0. The highest BCUT2D eigenvalue weighted by molar-refractivity contribution is 9.10. The van der Waals surface area contributed by atoms with Crippen molar-refractivity contribution < 1.29 is 4.57 Å². The van der Waals surface area contributed by atoms with E-state index in [4.69, 9.17) is 0 Å². The van der Waals surface area contributed by atoms with Crippen molar-refractivity contribution in [3.63, 3.8) is 0 Å². The van der Waals surface area contributed by atoms with Crippen LogP contribution < -0.4 is 4.57 Å². The quantitative estimate of drug-likeness (QED) is 0.618. The molecule has 2 aromatic rings. The fourth-order valence-corrected chi connectivity index (χ4v) is 2.61. The maximum absolute atomic E-state index is 3.44. The van der Waals surface area contributed by atoms with Gasteiger partial charge in [-0.3, -0.25) is 0 Å². The Bertz CT molecular complexity index is 468. The number of nitrogens with zero attached hydrogens (tertiary/aromatic N) is 1. The largest absolute Gasteiger partial charge is 0.240 e. The summed E-state index contributed by atoms with van der Waals surface area (Å²) >= 11 is 5.30. The van der Waals surface area contributed by atoms with Gasteiger partial charge in [0.25, 0.3) is 0 Å². The number of aromatic nitrogens is 1. The summed E-state index contributed by atoms with van der Waals surface area (Å²) < 4.78 is 3.27. The molecule has 1 nitrogen and oxygen atoms in total. The summed E-state index contributed by atoms with van der Waals surface area (Å²) in [6.07, 6.45) is 2.07. The minimum Gasteiger partial charge on any atom is -0.196 e. The van der Waals surface area contributed by atoms with E-state index >= 15 is 0 Å². The number of hydrogen-bond acceptors (Lipinski definition) is 1. The molecule has 0 aliphatic rings. The molecule has 1 aromatic carbocycles. The predicted molar refractivity (Wildman–Crippen MR) is 71.3 cm³/mol. The molecule has 16 heavy (non-hydrogen) atoms. The van der Waals surface area contributed by atoms with Crippen LogP contribution in [-0.4, -0.2) is 0 Å². The Morgan fingerprint density at radius 3 is 2.56 bits per heavy atom. The standard InChI is InChI=1S/C13H13BrNS/c1-15-9-3-2-4-13(15)16-10-11-5-7-12(14)8-6-11/h2-9H,10H2,1H3/q+1. The molecule has 0 fully saturated rings. The fraction of sp³-hybridized carbons (Fsp3) is 0.154. The van der Waals surface area contributed by atoms with Crippen molar-refractivity contribution >= 4 is 27.7 Å². The minimum atomic E-state index is 1.01. The third-order valence-electron chi connectivity index (χ3n) is 2.31. The number of halogens is 1. The maximum Gasteiger partial charge on any atom is 0.240 e. The number of thioether (sulfide) groups is 1. The van der Waals surface area contributed by atoms with E-state index in [0.29, 0.717) is 0 Å². The first kappa shape index (κ1) is 11.7. The van der Waals surface area contributed by atoms with Gasteiger partial charge in [-0.05, 0) is 23.8 Å². The number of aryl methyl sites for hydroxylation is 1. The van der Waals surface area contributed by atoms with Crippen molar-refractivity contribution in [3.05, 3.63) is 58.7 Å². The third-order valence-corrected chi connectivity index (χ3v) is 4.03. The summed E-state index contributed by atoms with van der Waals surface area (Å²) in [5, 5.41) is 1.28. The Labute approximate surface area is 109 Å². The molecule has 0 aliphatic heterocycles. The van der Waals surface area contributed by atoms with Gasteiger partial charge in [0, 0.05) is 22.4 Å². The average Bonchev–Trinajstić information content (AvgIpc) is 2.30. The zero-order valence-corrected chi connectivity index (χ0v) is 11.5. The Morgan fingerprint density at radius 1 is 1.12 bits per heavy atom. The van der Waals surface area contributed by atoms with Gasteiger partial charge in [0.2, 0.25) is 5.03 Å². The normalized spacial score (nSPS) is 10.4. The molecule has 0 aliphatic carbocycles. The highest BCUT2D eigenvalue weighted by atomic mass is 79.9. The lowest BCUT2D eigenvalue weighted by molar-refractivity contribution is -0.708. The van der Waals surface area contributed by atoms with Crippen LogP contribution in [0, 0.1) is 0 Å². The van der Waals surface area contributed by atoms with Crippen LogP contribution in [0.3, 0.4) is 0 Å². The second-order valence-electron chi connectivity index (χ2n) is 3.56. The number of benzene rings is 1. The van der Waals surface area contributed by atoms with Crippen molar-refractivity contribution in [2.45, 2.75) is 10.8 Å². The molecular weight excluding hydrogens is 282 g/mol. The predicted octanol–water partition coefficient (Wildman–Crippen LogP) is 3.57.